The van der Waals surface area contributed by atoms with E-state index in [1.807, 2.05) is 0 Å². The Kier molecular flexibility index (Phi) is 5.42. The molecule has 9 nitrogen and oxygen atoms in total. The molecule has 1 heterocycles. The Labute approximate surface area is 145 Å². The summed E-state index contributed by atoms with van der Waals surface area (Å²) in [5.74, 6) is -2.73. The molecule has 140 valence electrons. The summed E-state index contributed by atoms with van der Waals surface area (Å²) < 4.78 is 55.1. The number of sulfonamides is 1. The molecule has 1 aromatic carbocycles. The first kappa shape index (κ1) is 19.6. The van der Waals surface area contributed by atoms with Gasteiger partial charge in [-0.25, -0.2) is 16.8 Å². The van der Waals surface area contributed by atoms with Crippen LogP contribution in [0.3, 0.4) is 0 Å². The third kappa shape index (κ3) is 4.11. The summed E-state index contributed by atoms with van der Waals surface area (Å²) in [6.07, 6.45) is -1.50. The standard InChI is InChI=1S/C14H19NO8S2/c1-9-3-4-12(23-2)13(5-9)25(21,22)15(6-14(17)18)10-7-24(19,20)8-11(10)16/h3-5,10-11,16H,6-8H2,1-2H3,(H,17,18)/t10-,11+/m0/s1. The number of aliphatic hydroxyl groups excluding tert-OH is 1. The van der Waals surface area contributed by atoms with Gasteiger partial charge >= 0.3 is 5.97 Å². The maximum absolute atomic E-state index is 13.0. The van der Waals surface area contributed by atoms with Crippen LogP contribution >= 0.6 is 0 Å². The van der Waals surface area contributed by atoms with Crippen LogP contribution in [0.2, 0.25) is 0 Å². The zero-order chi connectivity index (χ0) is 19.0. The summed E-state index contributed by atoms with van der Waals surface area (Å²) in [5, 5.41) is 19.1. The minimum atomic E-state index is -4.42. The number of sulfone groups is 1. The maximum Gasteiger partial charge on any atom is 0.318 e. The number of hydrogen-bond acceptors (Lipinski definition) is 7. The highest BCUT2D eigenvalue weighted by atomic mass is 32.2. The van der Waals surface area contributed by atoms with Gasteiger partial charge in [0.2, 0.25) is 10.0 Å². The van der Waals surface area contributed by atoms with Gasteiger partial charge in [-0.2, -0.15) is 4.31 Å². The minimum Gasteiger partial charge on any atom is -0.495 e. The Bertz CT molecular complexity index is 878. The van der Waals surface area contributed by atoms with Gasteiger partial charge in [0, 0.05) is 0 Å². The van der Waals surface area contributed by atoms with Crippen molar-refractivity contribution in [2.45, 2.75) is 24.0 Å². The third-order valence-corrected chi connectivity index (χ3v) is 7.45. The lowest BCUT2D eigenvalue weighted by Gasteiger charge is -2.28. The second-order valence-corrected chi connectivity index (χ2v) is 9.82. The van der Waals surface area contributed by atoms with Crippen LogP contribution in [0.4, 0.5) is 0 Å². The van der Waals surface area contributed by atoms with Crippen LogP contribution in [-0.4, -0.2) is 74.6 Å². The van der Waals surface area contributed by atoms with E-state index < -0.39 is 56.0 Å². The summed E-state index contributed by atoms with van der Waals surface area (Å²) in [6, 6.07) is 2.96. The fraction of sp³-hybridized carbons (Fsp3) is 0.500. The van der Waals surface area contributed by atoms with E-state index in [0.29, 0.717) is 9.87 Å². The van der Waals surface area contributed by atoms with Crippen LogP contribution in [0.5, 0.6) is 5.75 Å². The van der Waals surface area contributed by atoms with E-state index in [1.54, 1.807) is 13.0 Å². The predicted molar refractivity (Wildman–Crippen MR) is 87.7 cm³/mol. The van der Waals surface area contributed by atoms with Crippen molar-refractivity contribution in [1.29, 1.82) is 0 Å². The molecule has 1 saturated heterocycles. The van der Waals surface area contributed by atoms with Gasteiger partial charge in [-0.05, 0) is 24.6 Å². The first-order chi connectivity index (χ1) is 11.5. The Hall–Kier alpha value is -1.69. The number of hydrogen-bond donors (Lipinski definition) is 2. The van der Waals surface area contributed by atoms with Crippen LogP contribution < -0.4 is 4.74 Å². The van der Waals surface area contributed by atoms with Gasteiger partial charge in [0.1, 0.15) is 17.2 Å². The predicted octanol–water partition coefficient (Wildman–Crippen LogP) is -0.763. The molecule has 0 saturated carbocycles. The zero-order valence-corrected chi connectivity index (χ0v) is 15.2. The highest BCUT2D eigenvalue weighted by molar-refractivity contribution is 7.92. The molecule has 0 amide bonds. The highest BCUT2D eigenvalue weighted by Crippen LogP contribution is 2.31. The number of nitrogens with zero attached hydrogens (tertiary/aromatic N) is 1. The maximum atomic E-state index is 13.0. The van der Waals surface area contributed by atoms with E-state index in [2.05, 4.69) is 0 Å². The molecule has 0 radical (unpaired) electrons. The molecule has 1 fully saturated rings. The molecule has 1 aliphatic heterocycles. The normalized spacial score (nSPS) is 22.9. The Morgan fingerprint density at radius 2 is 2.00 bits per heavy atom. The van der Waals surface area contributed by atoms with E-state index >= 15 is 0 Å². The van der Waals surface area contributed by atoms with Crippen LogP contribution in [0, 0.1) is 6.92 Å². The van der Waals surface area contributed by atoms with E-state index in [4.69, 9.17) is 9.84 Å². The number of ether oxygens (including phenoxy) is 1. The van der Waals surface area contributed by atoms with Crippen LogP contribution in [0.25, 0.3) is 0 Å². The molecule has 0 aliphatic carbocycles. The fourth-order valence-electron chi connectivity index (χ4n) is 2.71. The molecule has 2 rings (SSSR count). The molecule has 25 heavy (non-hydrogen) atoms. The number of carboxylic acid groups (broad SMARTS) is 1. The summed E-state index contributed by atoms with van der Waals surface area (Å²) in [7, 11) is -6.83. The van der Waals surface area contributed by atoms with Gasteiger partial charge in [-0.15, -0.1) is 0 Å². The second-order valence-electron chi connectivity index (χ2n) is 5.81. The Morgan fingerprint density at radius 3 is 2.48 bits per heavy atom. The molecule has 0 spiro atoms. The summed E-state index contributed by atoms with van der Waals surface area (Å²) in [6.45, 7) is 0.672. The first-order valence-corrected chi connectivity index (χ1v) is 10.5. The highest BCUT2D eigenvalue weighted by Gasteiger charge is 2.46. The van der Waals surface area contributed by atoms with Crippen molar-refractivity contribution in [1.82, 2.24) is 4.31 Å². The lowest BCUT2D eigenvalue weighted by Crippen LogP contribution is -2.48. The smallest absolute Gasteiger partial charge is 0.318 e. The average molecular weight is 393 g/mol. The number of carboxylic acids is 1. The number of benzene rings is 1. The lowest BCUT2D eigenvalue weighted by atomic mass is 10.2. The second kappa shape index (κ2) is 6.90. The van der Waals surface area contributed by atoms with E-state index in [0.717, 1.165) is 0 Å². The van der Waals surface area contributed by atoms with Gasteiger partial charge in [-0.1, -0.05) is 6.07 Å². The molecule has 2 atom stereocenters. The van der Waals surface area contributed by atoms with Gasteiger partial charge in [0.25, 0.3) is 0 Å². The number of carbonyl (C=O) groups is 1. The SMILES string of the molecule is COc1ccc(C)cc1S(=O)(=O)N(CC(=O)O)[C@H]1CS(=O)(=O)C[C@H]1O. The summed E-state index contributed by atoms with van der Waals surface area (Å²) >= 11 is 0. The van der Waals surface area contributed by atoms with Crippen LogP contribution in [0.1, 0.15) is 5.56 Å². The van der Waals surface area contributed by atoms with E-state index in [1.165, 1.54) is 19.2 Å². The van der Waals surface area contributed by atoms with Crippen molar-refractivity contribution in [2.24, 2.45) is 0 Å². The fourth-order valence-corrected chi connectivity index (χ4v) is 6.45. The molecule has 11 heteroatoms. The van der Waals surface area contributed by atoms with Crippen molar-refractivity contribution in [3.63, 3.8) is 0 Å². The number of aryl methyl sites for hydroxylation is 1. The topological polar surface area (TPSA) is 138 Å². The Balaban J connectivity index is 2.58. The summed E-state index contributed by atoms with van der Waals surface area (Å²) in [5.41, 5.74) is 0.592. The van der Waals surface area contributed by atoms with Crippen molar-refractivity contribution >= 4 is 25.8 Å². The van der Waals surface area contributed by atoms with E-state index in [9.17, 15) is 26.7 Å². The van der Waals surface area contributed by atoms with Crippen LogP contribution in [0.15, 0.2) is 23.1 Å². The molecule has 1 aliphatic rings. The molecule has 0 bridgehead atoms. The van der Waals surface area contributed by atoms with Gasteiger partial charge in [0.05, 0.1) is 30.8 Å². The van der Waals surface area contributed by atoms with Gasteiger partial charge < -0.3 is 14.9 Å². The van der Waals surface area contributed by atoms with Crippen molar-refractivity contribution < 1.29 is 36.6 Å². The lowest BCUT2D eigenvalue weighted by molar-refractivity contribution is -0.137. The van der Waals surface area contributed by atoms with E-state index in [-0.39, 0.29) is 10.6 Å². The third-order valence-electron chi connectivity index (χ3n) is 3.86. The Morgan fingerprint density at radius 1 is 1.36 bits per heavy atom. The number of rotatable bonds is 6. The monoisotopic (exact) mass is 393 g/mol. The number of aliphatic hydroxyl groups is 1. The molecule has 1 aromatic rings. The molecule has 0 unspecified atom stereocenters. The quantitative estimate of drug-likeness (QED) is 0.643. The van der Waals surface area contributed by atoms with Crippen molar-refractivity contribution in [3.8, 4) is 5.75 Å². The van der Waals surface area contributed by atoms with Gasteiger partial charge in [0.15, 0.2) is 9.84 Å². The van der Waals surface area contributed by atoms with Gasteiger partial charge in [-0.3, -0.25) is 4.79 Å². The largest absolute Gasteiger partial charge is 0.495 e. The zero-order valence-electron chi connectivity index (χ0n) is 13.6. The number of methoxy groups -OCH3 is 1. The average Bonchev–Trinajstić information content (AvgIpc) is 2.77. The molecule has 0 aromatic heterocycles. The summed E-state index contributed by atoms with van der Waals surface area (Å²) in [4.78, 5) is 10.9. The first-order valence-electron chi connectivity index (χ1n) is 7.24. The van der Waals surface area contributed by atoms with Crippen molar-refractivity contribution in [3.05, 3.63) is 23.8 Å². The minimum absolute atomic E-state index is 0.00340. The van der Waals surface area contributed by atoms with Crippen molar-refractivity contribution in [2.75, 3.05) is 25.2 Å². The van der Waals surface area contributed by atoms with Crippen LogP contribution in [-0.2, 0) is 24.7 Å². The number of aliphatic carboxylic acids is 1. The molecular formula is C14H19NO8S2. The molecule has 2 N–H and O–H groups in total. The molecular weight excluding hydrogens is 374 g/mol.